The largest absolute Gasteiger partial charge is 0.463 e. The molecule has 4 rings (SSSR count). The van der Waals surface area contributed by atoms with Crippen LogP contribution in [-0.4, -0.2) is 36.7 Å². The number of hydrogen-bond donors (Lipinski definition) is 0. The molecule has 1 fully saturated rings. The number of hydrogen-bond acceptors (Lipinski definition) is 4. The van der Waals surface area contributed by atoms with Gasteiger partial charge in [-0.25, -0.2) is 4.79 Å². The van der Waals surface area contributed by atoms with E-state index in [4.69, 9.17) is 9.47 Å². The van der Waals surface area contributed by atoms with Gasteiger partial charge in [-0.1, -0.05) is 60.7 Å². The van der Waals surface area contributed by atoms with E-state index in [2.05, 4.69) is 29.2 Å². The molecule has 2 aliphatic heterocycles. The highest BCUT2D eigenvalue weighted by Gasteiger charge is 2.45. The summed E-state index contributed by atoms with van der Waals surface area (Å²) in [6.07, 6.45) is 3.21. The number of carbonyl (C=O) groups excluding carboxylic acids is 1. The molecule has 152 valence electrons. The lowest BCUT2D eigenvalue weighted by Crippen LogP contribution is -2.39. The zero-order valence-corrected chi connectivity index (χ0v) is 17.0. The highest BCUT2D eigenvalue weighted by molar-refractivity contribution is 5.92. The van der Waals surface area contributed by atoms with Crippen LogP contribution in [0.3, 0.4) is 0 Å². The Balaban J connectivity index is 1.62. The van der Waals surface area contributed by atoms with E-state index in [0.29, 0.717) is 19.8 Å². The number of piperidine rings is 1. The van der Waals surface area contributed by atoms with Crippen molar-refractivity contribution in [2.24, 2.45) is 0 Å². The minimum absolute atomic E-state index is 0.0147. The molecule has 0 N–H and O–H groups in total. The van der Waals surface area contributed by atoms with Gasteiger partial charge in [0.1, 0.15) is 0 Å². The van der Waals surface area contributed by atoms with Crippen molar-refractivity contribution in [3.05, 3.63) is 83.1 Å². The first-order valence-electron chi connectivity index (χ1n) is 10.6. The molecular formula is C25H29NO3. The molecule has 29 heavy (non-hydrogen) atoms. The summed E-state index contributed by atoms with van der Waals surface area (Å²) in [6, 6.07) is 20.7. The summed E-state index contributed by atoms with van der Waals surface area (Å²) in [4.78, 5) is 15.4. The van der Waals surface area contributed by atoms with Crippen LogP contribution in [0.1, 0.15) is 43.2 Å². The lowest BCUT2D eigenvalue weighted by Gasteiger charge is -2.35. The molecule has 0 unspecified atom stereocenters. The van der Waals surface area contributed by atoms with E-state index < -0.39 is 0 Å². The van der Waals surface area contributed by atoms with Gasteiger partial charge in [0.05, 0.1) is 31.4 Å². The van der Waals surface area contributed by atoms with Gasteiger partial charge in [0, 0.05) is 18.2 Å². The fraction of sp³-hybridized carbons (Fsp3) is 0.400. The Morgan fingerprint density at radius 1 is 1.03 bits per heavy atom. The fourth-order valence-corrected chi connectivity index (χ4v) is 4.62. The first-order valence-corrected chi connectivity index (χ1v) is 10.6. The molecule has 2 atom stereocenters. The SMILES string of the molecule is CCOC(=O)C1=C2CCCCN2[C@@H](COCc2ccccc2)[C@@H]1c1ccccc1. The summed E-state index contributed by atoms with van der Waals surface area (Å²) in [6.45, 7) is 4.40. The molecule has 0 amide bonds. The van der Waals surface area contributed by atoms with E-state index in [1.165, 1.54) is 5.56 Å². The van der Waals surface area contributed by atoms with Crippen LogP contribution in [0.5, 0.6) is 0 Å². The molecule has 2 heterocycles. The third-order valence-electron chi connectivity index (χ3n) is 5.87. The third kappa shape index (κ3) is 4.23. The van der Waals surface area contributed by atoms with Crippen LogP contribution in [0.15, 0.2) is 71.9 Å². The van der Waals surface area contributed by atoms with Gasteiger partial charge in [0.25, 0.3) is 0 Å². The minimum atomic E-state index is -0.172. The number of carbonyl (C=O) groups is 1. The normalized spacial score (nSPS) is 21.2. The summed E-state index contributed by atoms with van der Waals surface area (Å²) in [7, 11) is 0. The van der Waals surface area contributed by atoms with Crippen LogP contribution >= 0.6 is 0 Å². The lowest BCUT2D eigenvalue weighted by molar-refractivity contribution is -0.138. The van der Waals surface area contributed by atoms with Crippen molar-refractivity contribution in [2.45, 2.75) is 44.8 Å². The molecule has 0 saturated carbocycles. The van der Waals surface area contributed by atoms with Crippen molar-refractivity contribution in [1.82, 2.24) is 4.90 Å². The predicted molar refractivity (Wildman–Crippen MR) is 113 cm³/mol. The average Bonchev–Trinajstić information content (AvgIpc) is 3.10. The van der Waals surface area contributed by atoms with Gasteiger partial charge in [-0.05, 0) is 37.3 Å². The Morgan fingerprint density at radius 2 is 1.76 bits per heavy atom. The average molecular weight is 392 g/mol. The van der Waals surface area contributed by atoms with Gasteiger partial charge < -0.3 is 14.4 Å². The van der Waals surface area contributed by atoms with Crippen LogP contribution in [0, 0.1) is 0 Å². The molecule has 2 aromatic rings. The fourth-order valence-electron chi connectivity index (χ4n) is 4.62. The number of nitrogens with zero attached hydrogens (tertiary/aromatic N) is 1. The van der Waals surface area contributed by atoms with Crippen molar-refractivity contribution in [2.75, 3.05) is 19.8 Å². The van der Waals surface area contributed by atoms with Crippen LogP contribution in [0.25, 0.3) is 0 Å². The molecular weight excluding hydrogens is 362 g/mol. The quantitative estimate of drug-likeness (QED) is 0.643. The van der Waals surface area contributed by atoms with Crippen LogP contribution < -0.4 is 0 Å². The Morgan fingerprint density at radius 3 is 2.48 bits per heavy atom. The summed E-state index contributed by atoms with van der Waals surface area (Å²) < 4.78 is 11.7. The lowest BCUT2D eigenvalue weighted by atomic mass is 9.87. The summed E-state index contributed by atoms with van der Waals surface area (Å²) >= 11 is 0. The van der Waals surface area contributed by atoms with Gasteiger partial charge in [-0.15, -0.1) is 0 Å². The van der Waals surface area contributed by atoms with Crippen LogP contribution in [-0.2, 0) is 20.9 Å². The van der Waals surface area contributed by atoms with Crippen molar-refractivity contribution >= 4 is 5.97 Å². The van der Waals surface area contributed by atoms with Crippen molar-refractivity contribution in [1.29, 1.82) is 0 Å². The Bertz CT molecular complexity index is 847. The molecule has 0 aromatic heterocycles. The second kappa shape index (κ2) is 9.27. The summed E-state index contributed by atoms with van der Waals surface area (Å²) in [5, 5.41) is 0. The topological polar surface area (TPSA) is 38.8 Å². The number of fused-ring (bicyclic) bond motifs is 1. The second-order valence-electron chi connectivity index (χ2n) is 7.69. The maximum atomic E-state index is 13.0. The van der Waals surface area contributed by atoms with Crippen molar-refractivity contribution in [3.63, 3.8) is 0 Å². The van der Waals surface area contributed by atoms with Crippen LogP contribution in [0.2, 0.25) is 0 Å². The van der Waals surface area contributed by atoms with Crippen molar-refractivity contribution in [3.8, 4) is 0 Å². The van der Waals surface area contributed by atoms with Gasteiger partial charge in [0.15, 0.2) is 0 Å². The Labute approximate surface area is 173 Å². The summed E-state index contributed by atoms with van der Waals surface area (Å²) in [5.74, 6) is -0.187. The maximum Gasteiger partial charge on any atom is 0.336 e. The predicted octanol–water partition coefficient (Wildman–Crippen LogP) is 4.67. The molecule has 2 aliphatic rings. The third-order valence-corrected chi connectivity index (χ3v) is 5.87. The zero-order chi connectivity index (χ0) is 20.1. The van der Waals surface area contributed by atoms with Gasteiger partial charge in [-0.3, -0.25) is 0 Å². The molecule has 4 heteroatoms. The van der Waals surface area contributed by atoms with Gasteiger partial charge in [-0.2, -0.15) is 0 Å². The van der Waals surface area contributed by atoms with Crippen molar-refractivity contribution < 1.29 is 14.3 Å². The van der Waals surface area contributed by atoms with E-state index in [0.717, 1.165) is 42.6 Å². The molecule has 1 saturated heterocycles. The Kier molecular flexibility index (Phi) is 6.30. The molecule has 0 radical (unpaired) electrons. The number of benzene rings is 2. The molecule has 0 aliphatic carbocycles. The second-order valence-corrected chi connectivity index (χ2v) is 7.69. The monoisotopic (exact) mass is 391 g/mol. The highest BCUT2D eigenvalue weighted by Crippen LogP contribution is 2.45. The minimum Gasteiger partial charge on any atom is -0.463 e. The number of allylic oxidation sites excluding steroid dienone is 1. The molecule has 0 spiro atoms. The van der Waals surface area contributed by atoms with E-state index >= 15 is 0 Å². The van der Waals surface area contributed by atoms with E-state index in [-0.39, 0.29) is 17.9 Å². The molecule has 2 aromatic carbocycles. The first kappa shape index (κ1) is 19.7. The van der Waals surface area contributed by atoms with Crippen LogP contribution in [0.4, 0.5) is 0 Å². The maximum absolute atomic E-state index is 13.0. The number of rotatable bonds is 7. The number of esters is 1. The van der Waals surface area contributed by atoms with Gasteiger partial charge in [0.2, 0.25) is 0 Å². The van der Waals surface area contributed by atoms with E-state index in [9.17, 15) is 4.79 Å². The van der Waals surface area contributed by atoms with E-state index in [1.807, 2.05) is 43.3 Å². The summed E-state index contributed by atoms with van der Waals surface area (Å²) in [5.41, 5.74) is 4.33. The van der Waals surface area contributed by atoms with E-state index in [1.54, 1.807) is 0 Å². The first-order chi connectivity index (χ1) is 14.3. The van der Waals surface area contributed by atoms with Gasteiger partial charge >= 0.3 is 5.97 Å². The highest BCUT2D eigenvalue weighted by atomic mass is 16.5. The molecule has 0 bridgehead atoms. The number of ether oxygens (including phenoxy) is 2. The molecule has 4 nitrogen and oxygen atoms in total. The Hall–Kier alpha value is -2.59. The standard InChI is InChI=1S/C25H29NO3/c1-2-29-25(27)24-21-15-9-10-16-26(21)22(23(24)20-13-7-4-8-14-20)18-28-17-19-11-5-3-6-12-19/h3-8,11-14,22-23H,2,9-10,15-18H2,1H3/t22-,23-/m0/s1. The smallest absolute Gasteiger partial charge is 0.336 e. The zero-order valence-electron chi connectivity index (χ0n) is 17.0.